The average molecular weight is 1050 g/mol. The van der Waals surface area contributed by atoms with Gasteiger partial charge in [-0.2, -0.15) is 0 Å². The lowest BCUT2D eigenvalue weighted by molar-refractivity contribution is -0.141. The number of nitrogens with two attached hydrogens (primary N) is 2. The van der Waals surface area contributed by atoms with Gasteiger partial charge in [0.15, 0.2) is 0 Å². The second kappa shape index (κ2) is 25.5. The van der Waals surface area contributed by atoms with Crippen molar-refractivity contribution in [2.75, 3.05) is 20.6 Å². The molecule has 19 nitrogen and oxygen atoms in total. The molecule has 0 aliphatic heterocycles. The van der Waals surface area contributed by atoms with Crippen molar-refractivity contribution < 1.29 is 46.7 Å². The Morgan fingerprint density at radius 3 is 1.86 bits per heavy atom. The lowest BCUT2D eigenvalue weighted by atomic mass is 9.71. The number of nitrogens with one attached hydrogen (secondary N) is 5. The van der Waals surface area contributed by atoms with E-state index in [0.29, 0.717) is 24.8 Å². The molecule has 74 heavy (non-hydrogen) atoms. The van der Waals surface area contributed by atoms with Gasteiger partial charge >= 0.3 is 12.1 Å². The highest BCUT2D eigenvalue weighted by Gasteiger charge is 2.46. The summed E-state index contributed by atoms with van der Waals surface area (Å²) < 4.78 is 34.9. The van der Waals surface area contributed by atoms with Crippen LogP contribution in [0.5, 0.6) is 0 Å². The van der Waals surface area contributed by atoms with Crippen LogP contribution in [-0.4, -0.2) is 116 Å². The molecule has 1 fully saturated rings. The van der Waals surface area contributed by atoms with Crippen molar-refractivity contribution in [3.05, 3.63) is 82.9 Å². The van der Waals surface area contributed by atoms with Crippen LogP contribution in [0.25, 0.3) is 0 Å². The van der Waals surface area contributed by atoms with E-state index >= 15 is 0 Å². The fourth-order valence-corrected chi connectivity index (χ4v) is 10.00. The van der Waals surface area contributed by atoms with E-state index in [1.54, 1.807) is 86.7 Å². The average Bonchev–Trinajstić information content (AvgIpc) is 3.27. The number of carbonyl (C=O) groups is 7. The maximum Gasteiger partial charge on any atom is 0.410 e. The number of ether oxygens (including phenoxy) is 1. The second-order valence-electron chi connectivity index (χ2n) is 23.0. The molecule has 5 atom stereocenters. The number of hydrogen-bond donors (Lipinski definition) is 7. The number of urea groups is 1. The van der Waals surface area contributed by atoms with Crippen molar-refractivity contribution in [1.29, 1.82) is 0 Å². The Kier molecular flexibility index (Phi) is 21.4. The molecule has 2 aromatic rings. The Balaban J connectivity index is 1.81. The molecule has 1 saturated carbocycles. The van der Waals surface area contributed by atoms with Gasteiger partial charge in [-0.3, -0.25) is 28.9 Å². The van der Waals surface area contributed by atoms with Crippen molar-refractivity contribution in [1.82, 2.24) is 35.8 Å². The largest absolute Gasteiger partial charge is 0.444 e. The number of carbonyl (C=O) groups excluding carboxylic acids is 7. The van der Waals surface area contributed by atoms with Crippen LogP contribution in [0, 0.1) is 17.3 Å². The van der Waals surface area contributed by atoms with Gasteiger partial charge in [0, 0.05) is 31.6 Å². The van der Waals surface area contributed by atoms with Gasteiger partial charge in [-0.1, -0.05) is 123 Å². The summed E-state index contributed by atoms with van der Waals surface area (Å²) in [4.78, 5) is 97.1. The van der Waals surface area contributed by atoms with E-state index in [-0.39, 0.29) is 30.4 Å². The number of primary amides is 1. The predicted molar refractivity (Wildman–Crippen MR) is 286 cm³/mol. The monoisotopic (exact) mass is 1050 g/mol. The standard InChI is InChI=1S/C54H85N9O10S/c1-33(2)40(62(14)48(68)42(51(6,7)8)59-47(67)43(63(15)50(70)73-52(9,10)11)53(12,13)37-21-17-16-18-22-37)31-35(5)44(64)61-74(71,72)32-36-24-26-38(27-25-36)54(28-20-29-54)60-45(65)39(23-19-30-57-49(56)69)58-46(66)41(55)34(3)4/h16-18,21-22,24-27,31,33-34,39-43H,19-20,23,28-30,32,55H2,1-15H3,(H,58,66)(H,59,67)(H,60,65)(H,61,64)(H3,56,57,69). The fourth-order valence-electron chi connectivity index (χ4n) is 8.85. The third kappa shape index (κ3) is 17.3. The van der Waals surface area contributed by atoms with Crippen molar-refractivity contribution in [3.8, 4) is 0 Å². The van der Waals surface area contributed by atoms with Crippen LogP contribution in [-0.2, 0) is 55.4 Å². The number of benzene rings is 2. The maximum absolute atomic E-state index is 14.7. The topological polar surface area (TPSA) is 282 Å². The molecule has 412 valence electrons. The Labute approximate surface area is 439 Å². The third-order valence-electron chi connectivity index (χ3n) is 13.5. The first kappa shape index (κ1) is 62.3. The molecule has 20 heteroatoms. The van der Waals surface area contributed by atoms with Crippen LogP contribution in [0.4, 0.5) is 9.59 Å². The molecule has 1 aliphatic rings. The molecule has 3 rings (SSSR count). The number of sulfonamides is 1. The van der Waals surface area contributed by atoms with Crippen LogP contribution >= 0.6 is 0 Å². The predicted octanol–water partition coefficient (Wildman–Crippen LogP) is 5.22. The summed E-state index contributed by atoms with van der Waals surface area (Å²) in [6.07, 6.45) is 3.36. The minimum Gasteiger partial charge on any atom is -0.444 e. The molecule has 5 unspecified atom stereocenters. The van der Waals surface area contributed by atoms with E-state index in [1.165, 1.54) is 29.8 Å². The Bertz CT molecular complexity index is 2440. The number of likely N-dealkylation sites (N-methyl/N-ethyl adjacent to an activating group) is 2. The maximum atomic E-state index is 14.7. The SMILES string of the molecule is CC(=CC(C(C)C)N(C)C(=O)C(NC(=O)C(N(C)C(=O)OC(C)(C)C)C(C)(C)c1ccccc1)C(C)(C)C)C(=O)NS(=O)(=O)Cc1ccc(C2(NC(=O)C(CCCNC(N)=O)NC(=O)C(N)C(C)C)CCC2)cc1. The first-order valence-corrected chi connectivity index (χ1v) is 27.0. The molecule has 0 saturated heterocycles. The van der Waals surface area contributed by atoms with Gasteiger partial charge < -0.3 is 42.4 Å². The molecule has 0 radical (unpaired) electrons. The van der Waals surface area contributed by atoms with E-state index in [1.807, 2.05) is 58.0 Å². The van der Waals surface area contributed by atoms with Gasteiger partial charge in [-0.05, 0) is 93.7 Å². The molecule has 9 N–H and O–H groups in total. The zero-order valence-electron chi connectivity index (χ0n) is 46.3. The minimum absolute atomic E-state index is 0.0368. The van der Waals surface area contributed by atoms with Crippen LogP contribution in [0.1, 0.15) is 139 Å². The van der Waals surface area contributed by atoms with E-state index in [0.717, 1.165) is 17.5 Å². The molecule has 8 amide bonds. The van der Waals surface area contributed by atoms with Crippen molar-refractivity contribution in [2.24, 2.45) is 28.7 Å². The molecule has 1 aliphatic carbocycles. The summed E-state index contributed by atoms with van der Waals surface area (Å²) in [6.45, 7) is 23.2. The molecular formula is C54H85N9O10S. The second-order valence-corrected chi connectivity index (χ2v) is 24.7. The van der Waals surface area contributed by atoms with Gasteiger partial charge in [0.1, 0.15) is 23.7 Å². The number of amides is 8. The summed E-state index contributed by atoms with van der Waals surface area (Å²) in [6, 6.07) is 10.5. The zero-order chi connectivity index (χ0) is 56.3. The van der Waals surface area contributed by atoms with Crippen molar-refractivity contribution in [3.63, 3.8) is 0 Å². The highest BCUT2D eigenvalue weighted by atomic mass is 32.2. The third-order valence-corrected chi connectivity index (χ3v) is 14.7. The Morgan fingerprint density at radius 2 is 1.38 bits per heavy atom. The first-order valence-electron chi connectivity index (χ1n) is 25.4. The smallest absolute Gasteiger partial charge is 0.410 e. The number of hydrogen-bond acceptors (Lipinski definition) is 11. The highest BCUT2D eigenvalue weighted by molar-refractivity contribution is 7.89. The lowest BCUT2D eigenvalue weighted by Gasteiger charge is -2.44. The van der Waals surface area contributed by atoms with Crippen LogP contribution < -0.4 is 37.5 Å². The Morgan fingerprint density at radius 1 is 0.797 bits per heavy atom. The van der Waals surface area contributed by atoms with Gasteiger partial charge in [0.2, 0.25) is 33.7 Å². The molecule has 0 bridgehead atoms. The summed E-state index contributed by atoms with van der Waals surface area (Å²) in [5.41, 5.74) is 9.74. The lowest BCUT2D eigenvalue weighted by Crippen LogP contribution is -2.63. The van der Waals surface area contributed by atoms with Crippen molar-refractivity contribution >= 4 is 51.7 Å². The molecule has 0 heterocycles. The van der Waals surface area contributed by atoms with E-state index < -0.39 is 110 Å². The molecular weight excluding hydrogens is 967 g/mol. The van der Waals surface area contributed by atoms with Gasteiger partial charge in [-0.25, -0.2) is 22.7 Å². The highest BCUT2D eigenvalue weighted by Crippen LogP contribution is 2.41. The quantitative estimate of drug-likeness (QED) is 0.0560. The summed E-state index contributed by atoms with van der Waals surface area (Å²) in [5.74, 6) is -3.85. The van der Waals surface area contributed by atoms with E-state index in [2.05, 4.69) is 26.0 Å². The number of rotatable bonds is 23. The van der Waals surface area contributed by atoms with Crippen LogP contribution in [0.2, 0.25) is 0 Å². The molecule has 2 aromatic carbocycles. The van der Waals surface area contributed by atoms with Gasteiger partial charge in [0.05, 0.1) is 23.4 Å². The fraction of sp³-hybridized carbons (Fsp3) is 0.611. The summed E-state index contributed by atoms with van der Waals surface area (Å²) in [5, 5.41) is 11.3. The van der Waals surface area contributed by atoms with Crippen molar-refractivity contribution in [2.45, 2.75) is 175 Å². The van der Waals surface area contributed by atoms with Crippen LogP contribution in [0.15, 0.2) is 66.2 Å². The first-order chi connectivity index (χ1) is 34.0. The number of nitrogens with zero attached hydrogens (tertiary/aromatic N) is 2. The summed E-state index contributed by atoms with van der Waals surface area (Å²) >= 11 is 0. The van der Waals surface area contributed by atoms with E-state index in [9.17, 15) is 42.0 Å². The zero-order valence-corrected chi connectivity index (χ0v) is 47.1. The van der Waals surface area contributed by atoms with Crippen LogP contribution in [0.3, 0.4) is 0 Å². The van der Waals surface area contributed by atoms with Gasteiger partial charge in [0.25, 0.3) is 5.91 Å². The van der Waals surface area contributed by atoms with E-state index in [4.69, 9.17) is 16.2 Å². The Hall–Kier alpha value is -6.02. The molecule has 0 spiro atoms. The summed E-state index contributed by atoms with van der Waals surface area (Å²) in [7, 11) is -1.20. The molecule has 0 aromatic heterocycles. The minimum atomic E-state index is -4.25. The van der Waals surface area contributed by atoms with Gasteiger partial charge in [-0.15, -0.1) is 0 Å². The normalized spacial score (nSPS) is 16.1.